The zero-order valence-electron chi connectivity index (χ0n) is 9.52. The first-order valence-corrected chi connectivity index (χ1v) is 6.85. The molecule has 0 saturated carbocycles. The Morgan fingerprint density at radius 1 is 1.40 bits per heavy atom. The molecular weight excluding hydrogens is 214 g/mol. The number of rotatable bonds is 8. The second-order valence-corrected chi connectivity index (χ2v) is 5.34. The summed E-state index contributed by atoms with van der Waals surface area (Å²) in [6.07, 6.45) is 2.89. The summed E-state index contributed by atoms with van der Waals surface area (Å²) < 4.78 is 25.0. The summed E-state index contributed by atoms with van der Waals surface area (Å²) in [5, 5.41) is 8.88. The van der Waals surface area contributed by atoms with Gasteiger partial charge in [0.05, 0.1) is 12.4 Å². The van der Waals surface area contributed by atoms with Crippen molar-refractivity contribution in [2.75, 3.05) is 18.9 Å². The average Bonchev–Trinajstić information content (AvgIpc) is 2.18. The van der Waals surface area contributed by atoms with Crippen molar-refractivity contribution < 1.29 is 13.5 Å². The molecule has 0 heterocycles. The molecule has 0 spiro atoms. The van der Waals surface area contributed by atoms with E-state index in [1.807, 2.05) is 13.8 Å². The van der Waals surface area contributed by atoms with Crippen molar-refractivity contribution in [2.24, 2.45) is 0 Å². The van der Waals surface area contributed by atoms with Crippen LogP contribution in [0.15, 0.2) is 12.7 Å². The molecule has 0 fully saturated rings. The Hall–Kier alpha value is -0.390. The minimum Gasteiger partial charge on any atom is -0.395 e. The third-order valence-electron chi connectivity index (χ3n) is 2.36. The van der Waals surface area contributed by atoms with Gasteiger partial charge in [-0.1, -0.05) is 19.9 Å². The fourth-order valence-corrected chi connectivity index (χ4v) is 3.19. The van der Waals surface area contributed by atoms with E-state index in [9.17, 15) is 8.42 Å². The summed E-state index contributed by atoms with van der Waals surface area (Å²) in [5.74, 6) is -0.0660. The van der Waals surface area contributed by atoms with Crippen LogP contribution in [0.5, 0.6) is 0 Å². The van der Waals surface area contributed by atoms with E-state index in [0.29, 0.717) is 0 Å². The molecule has 0 amide bonds. The number of sulfonamides is 1. The van der Waals surface area contributed by atoms with Crippen molar-refractivity contribution in [2.45, 2.75) is 32.7 Å². The van der Waals surface area contributed by atoms with Gasteiger partial charge >= 0.3 is 0 Å². The van der Waals surface area contributed by atoms with E-state index in [4.69, 9.17) is 5.11 Å². The van der Waals surface area contributed by atoms with Crippen molar-refractivity contribution in [3.8, 4) is 0 Å². The van der Waals surface area contributed by atoms with Crippen LogP contribution < -0.4 is 0 Å². The lowest BCUT2D eigenvalue weighted by atomic mass is 10.2. The van der Waals surface area contributed by atoms with Gasteiger partial charge in [0.1, 0.15) is 0 Å². The Labute approximate surface area is 92.6 Å². The van der Waals surface area contributed by atoms with Crippen LogP contribution in [0.4, 0.5) is 0 Å². The van der Waals surface area contributed by atoms with Gasteiger partial charge in [-0.3, -0.25) is 0 Å². The summed E-state index contributed by atoms with van der Waals surface area (Å²) in [7, 11) is -3.30. The zero-order chi connectivity index (χ0) is 11.9. The van der Waals surface area contributed by atoms with E-state index in [0.717, 1.165) is 12.8 Å². The van der Waals surface area contributed by atoms with Gasteiger partial charge in [-0.15, -0.1) is 6.58 Å². The highest BCUT2D eigenvalue weighted by Gasteiger charge is 2.26. The second kappa shape index (κ2) is 6.98. The van der Waals surface area contributed by atoms with Gasteiger partial charge in [-0.2, -0.15) is 4.31 Å². The largest absolute Gasteiger partial charge is 0.395 e. The lowest BCUT2D eigenvalue weighted by Gasteiger charge is -2.28. The van der Waals surface area contributed by atoms with E-state index in [-0.39, 0.29) is 24.9 Å². The first-order valence-electron chi connectivity index (χ1n) is 5.24. The van der Waals surface area contributed by atoms with Crippen LogP contribution >= 0.6 is 0 Å². The van der Waals surface area contributed by atoms with E-state index in [2.05, 4.69) is 6.58 Å². The first kappa shape index (κ1) is 14.6. The summed E-state index contributed by atoms with van der Waals surface area (Å²) >= 11 is 0. The predicted molar refractivity (Wildman–Crippen MR) is 62.1 cm³/mol. The standard InChI is InChI=1S/C10H21NO3S/c1-4-9-15(13,14)11(7-8-12)10(5-2)6-3/h4,10,12H,1,5-9H2,2-3H3. The molecule has 0 aliphatic heterocycles. The molecule has 0 aromatic rings. The number of hydrogen-bond acceptors (Lipinski definition) is 3. The van der Waals surface area contributed by atoms with Crippen LogP contribution in [0.1, 0.15) is 26.7 Å². The Morgan fingerprint density at radius 2 is 1.93 bits per heavy atom. The summed E-state index contributed by atoms with van der Waals surface area (Å²) in [6, 6.07) is -0.0258. The average molecular weight is 235 g/mol. The summed E-state index contributed by atoms with van der Waals surface area (Å²) in [5.41, 5.74) is 0. The van der Waals surface area contributed by atoms with Crippen LogP contribution in [0.3, 0.4) is 0 Å². The summed E-state index contributed by atoms with van der Waals surface area (Å²) in [6.45, 7) is 7.35. The maximum Gasteiger partial charge on any atom is 0.217 e. The van der Waals surface area contributed by atoms with Crippen molar-refractivity contribution in [3.05, 3.63) is 12.7 Å². The molecule has 15 heavy (non-hydrogen) atoms. The van der Waals surface area contributed by atoms with Gasteiger partial charge in [0, 0.05) is 12.6 Å². The number of nitrogens with zero attached hydrogens (tertiary/aromatic N) is 1. The zero-order valence-corrected chi connectivity index (χ0v) is 10.3. The molecule has 0 aromatic heterocycles. The number of hydrogen-bond donors (Lipinski definition) is 1. The quantitative estimate of drug-likeness (QED) is 0.638. The fourth-order valence-electron chi connectivity index (χ4n) is 1.59. The number of aliphatic hydroxyl groups is 1. The lowest BCUT2D eigenvalue weighted by molar-refractivity contribution is 0.220. The first-order chi connectivity index (χ1) is 7.03. The predicted octanol–water partition coefficient (Wildman–Crippen LogP) is 0.985. The normalized spacial score (nSPS) is 12.3. The fraction of sp³-hybridized carbons (Fsp3) is 0.800. The molecule has 0 unspecified atom stereocenters. The SMILES string of the molecule is C=CCS(=O)(=O)N(CCO)C(CC)CC. The Kier molecular flexibility index (Phi) is 6.80. The highest BCUT2D eigenvalue weighted by Crippen LogP contribution is 2.13. The van der Waals surface area contributed by atoms with Gasteiger partial charge < -0.3 is 5.11 Å². The van der Waals surface area contributed by atoms with Crippen LogP contribution in [0.2, 0.25) is 0 Å². The molecule has 0 bridgehead atoms. The maximum atomic E-state index is 11.8. The van der Waals surface area contributed by atoms with Crippen LogP contribution in [0.25, 0.3) is 0 Å². The van der Waals surface area contributed by atoms with E-state index in [1.54, 1.807) is 0 Å². The highest BCUT2D eigenvalue weighted by atomic mass is 32.2. The molecule has 0 aliphatic rings. The monoisotopic (exact) mass is 235 g/mol. The lowest BCUT2D eigenvalue weighted by Crippen LogP contribution is -2.42. The van der Waals surface area contributed by atoms with Gasteiger partial charge in [-0.25, -0.2) is 8.42 Å². The van der Waals surface area contributed by atoms with Gasteiger partial charge in [0.25, 0.3) is 0 Å². The van der Waals surface area contributed by atoms with Gasteiger partial charge in [0.15, 0.2) is 0 Å². The number of aliphatic hydroxyl groups excluding tert-OH is 1. The molecule has 0 rings (SSSR count). The van der Waals surface area contributed by atoms with Crippen molar-refractivity contribution in [1.29, 1.82) is 0 Å². The molecule has 0 radical (unpaired) electrons. The molecular formula is C10H21NO3S. The minimum atomic E-state index is -3.30. The topological polar surface area (TPSA) is 57.6 Å². The highest BCUT2D eigenvalue weighted by molar-refractivity contribution is 7.89. The molecule has 0 aromatic carbocycles. The van der Waals surface area contributed by atoms with Crippen molar-refractivity contribution >= 4 is 10.0 Å². The second-order valence-electron chi connectivity index (χ2n) is 3.37. The van der Waals surface area contributed by atoms with Crippen LogP contribution in [-0.4, -0.2) is 42.8 Å². The van der Waals surface area contributed by atoms with Gasteiger partial charge in [-0.05, 0) is 12.8 Å². The maximum absolute atomic E-state index is 11.8. The Balaban J connectivity index is 4.85. The molecule has 0 saturated heterocycles. The Morgan fingerprint density at radius 3 is 2.27 bits per heavy atom. The summed E-state index contributed by atoms with van der Waals surface area (Å²) in [4.78, 5) is 0. The van der Waals surface area contributed by atoms with Crippen LogP contribution in [-0.2, 0) is 10.0 Å². The Bertz CT molecular complexity index is 270. The molecule has 90 valence electrons. The third-order valence-corrected chi connectivity index (χ3v) is 4.21. The molecule has 4 nitrogen and oxygen atoms in total. The third kappa shape index (κ3) is 4.32. The van der Waals surface area contributed by atoms with E-state index >= 15 is 0 Å². The van der Waals surface area contributed by atoms with Crippen LogP contribution in [0, 0.1) is 0 Å². The van der Waals surface area contributed by atoms with E-state index in [1.165, 1.54) is 10.4 Å². The van der Waals surface area contributed by atoms with Crippen molar-refractivity contribution in [3.63, 3.8) is 0 Å². The molecule has 0 atom stereocenters. The minimum absolute atomic E-state index is 0.0258. The van der Waals surface area contributed by atoms with E-state index < -0.39 is 10.0 Å². The van der Waals surface area contributed by atoms with Crippen molar-refractivity contribution in [1.82, 2.24) is 4.31 Å². The smallest absolute Gasteiger partial charge is 0.217 e. The molecule has 1 N–H and O–H groups in total. The molecule has 0 aliphatic carbocycles. The molecule has 5 heteroatoms. The van der Waals surface area contributed by atoms with Gasteiger partial charge in [0.2, 0.25) is 10.0 Å².